The second kappa shape index (κ2) is 7.05. The number of rotatable bonds is 2. The molecule has 2 unspecified atom stereocenters. The first kappa shape index (κ1) is 17.1. The number of hydrogen-bond acceptors (Lipinski definition) is 3. The van der Waals surface area contributed by atoms with Gasteiger partial charge in [-0.2, -0.15) is 0 Å². The fraction of sp³-hybridized carbons (Fsp3) is 0.176. The third-order valence-electron chi connectivity index (χ3n) is 3.84. The third-order valence-corrected chi connectivity index (χ3v) is 5.02. The first-order valence-electron chi connectivity index (χ1n) is 7.16. The van der Waals surface area contributed by atoms with E-state index in [-0.39, 0.29) is 6.04 Å². The molecule has 1 heterocycles. The van der Waals surface area contributed by atoms with Crippen molar-refractivity contribution in [2.24, 2.45) is 4.99 Å². The molecule has 0 fully saturated rings. The number of hydrogen-bond donors (Lipinski definition) is 1. The zero-order chi connectivity index (χ0) is 17.3. The molecular weight excluding hydrogens is 367 g/mol. The molecule has 0 radical (unpaired) electrons. The van der Waals surface area contributed by atoms with Crippen LogP contribution in [0, 0.1) is 0 Å². The van der Waals surface area contributed by atoms with Crippen molar-refractivity contribution in [3.8, 4) is 0 Å². The second-order valence-electron chi connectivity index (χ2n) is 5.26. The van der Waals surface area contributed by atoms with Gasteiger partial charge in [0.15, 0.2) is 5.17 Å². The van der Waals surface area contributed by atoms with E-state index in [4.69, 9.17) is 23.2 Å². The van der Waals surface area contributed by atoms with E-state index in [0.29, 0.717) is 15.2 Å². The molecule has 1 aliphatic rings. The molecule has 1 aliphatic heterocycles. The van der Waals surface area contributed by atoms with Crippen molar-refractivity contribution >= 4 is 46.2 Å². The number of amidine groups is 1. The second-order valence-corrected chi connectivity index (χ2v) is 6.91. The minimum absolute atomic E-state index is 0.331. The van der Waals surface area contributed by atoms with Crippen LogP contribution in [-0.2, 0) is 0 Å². The van der Waals surface area contributed by atoms with Gasteiger partial charge in [-0.15, -0.1) is 0 Å². The molecule has 2 aromatic rings. The Morgan fingerprint density at radius 1 is 1.04 bits per heavy atom. The Balaban J connectivity index is 2.09. The molecule has 0 saturated heterocycles. The van der Waals surface area contributed by atoms with E-state index in [1.165, 1.54) is 16.7 Å². The Hall–Kier alpha value is -1.69. The number of amides is 1. The monoisotopic (exact) mass is 380 g/mol. The summed E-state index contributed by atoms with van der Waals surface area (Å²) in [5.41, 5.74) is 1.75. The molecule has 0 saturated carbocycles. The minimum Gasteiger partial charge on any atom is -0.465 e. The first-order valence-corrected chi connectivity index (χ1v) is 9.14. The van der Waals surface area contributed by atoms with Gasteiger partial charge < -0.3 is 5.11 Å². The van der Waals surface area contributed by atoms with Gasteiger partial charge in [0.25, 0.3) is 0 Å². The van der Waals surface area contributed by atoms with E-state index >= 15 is 0 Å². The Labute approximate surface area is 154 Å². The Morgan fingerprint density at radius 2 is 1.54 bits per heavy atom. The number of nitrogens with zero attached hydrogens (tertiary/aromatic N) is 2. The smallest absolute Gasteiger partial charge is 0.414 e. The molecule has 0 aromatic heterocycles. The van der Waals surface area contributed by atoms with Crippen LogP contribution in [-0.4, -0.2) is 27.5 Å². The summed E-state index contributed by atoms with van der Waals surface area (Å²) in [5.74, 6) is 0. The Morgan fingerprint density at radius 3 is 2.00 bits per heavy atom. The predicted octanol–water partition coefficient (Wildman–Crippen LogP) is 5.49. The van der Waals surface area contributed by atoms with Gasteiger partial charge in [-0.25, -0.2) is 9.69 Å². The van der Waals surface area contributed by atoms with Crippen molar-refractivity contribution in [1.29, 1.82) is 0 Å². The molecule has 4 nitrogen and oxygen atoms in total. The van der Waals surface area contributed by atoms with Crippen LogP contribution in [0.5, 0.6) is 0 Å². The van der Waals surface area contributed by atoms with Gasteiger partial charge in [-0.1, -0.05) is 59.2 Å². The molecule has 0 spiro atoms. The lowest BCUT2D eigenvalue weighted by atomic mass is 9.94. The molecule has 0 bridgehead atoms. The number of carbonyl (C=O) groups is 1. The molecule has 1 amide bonds. The maximum Gasteiger partial charge on any atom is 0.414 e. The van der Waals surface area contributed by atoms with E-state index in [0.717, 1.165) is 11.1 Å². The maximum atomic E-state index is 11.8. The highest BCUT2D eigenvalue weighted by atomic mass is 35.5. The quantitative estimate of drug-likeness (QED) is 0.749. The van der Waals surface area contributed by atoms with Gasteiger partial charge in [0.05, 0.1) is 6.04 Å². The van der Waals surface area contributed by atoms with Gasteiger partial charge in [-0.3, -0.25) is 4.99 Å². The van der Waals surface area contributed by atoms with Crippen LogP contribution in [0.2, 0.25) is 10.0 Å². The van der Waals surface area contributed by atoms with Crippen LogP contribution in [0.15, 0.2) is 53.5 Å². The van der Waals surface area contributed by atoms with Gasteiger partial charge in [-0.05, 0) is 41.6 Å². The third kappa shape index (κ3) is 3.24. The van der Waals surface area contributed by atoms with E-state index in [9.17, 15) is 9.90 Å². The maximum absolute atomic E-state index is 11.8. The summed E-state index contributed by atoms with van der Waals surface area (Å²) in [4.78, 5) is 17.8. The molecule has 124 valence electrons. The molecule has 24 heavy (non-hydrogen) atoms. The van der Waals surface area contributed by atoms with E-state index in [2.05, 4.69) is 4.99 Å². The summed E-state index contributed by atoms with van der Waals surface area (Å²) in [6.07, 6.45) is 0.789. The summed E-state index contributed by atoms with van der Waals surface area (Å²) in [7, 11) is 0. The van der Waals surface area contributed by atoms with Crippen LogP contribution in [0.25, 0.3) is 0 Å². The lowest BCUT2D eigenvalue weighted by molar-refractivity contribution is 0.157. The van der Waals surface area contributed by atoms with Gasteiger partial charge >= 0.3 is 6.09 Å². The van der Waals surface area contributed by atoms with Crippen LogP contribution in [0.1, 0.15) is 23.2 Å². The van der Waals surface area contributed by atoms with Crippen LogP contribution in [0.3, 0.4) is 0 Å². The van der Waals surface area contributed by atoms with Crippen LogP contribution >= 0.6 is 35.0 Å². The Kier molecular flexibility index (Phi) is 5.04. The van der Waals surface area contributed by atoms with Gasteiger partial charge in [0, 0.05) is 10.0 Å². The molecule has 3 rings (SSSR count). The minimum atomic E-state index is -1.03. The zero-order valence-corrected chi connectivity index (χ0v) is 15.0. The van der Waals surface area contributed by atoms with Crippen LogP contribution in [0.4, 0.5) is 4.79 Å². The van der Waals surface area contributed by atoms with Crippen molar-refractivity contribution < 1.29 is 9.90 Å². The fourth-order valence-corrected chi connectivity index (χ4v) is 3.63. The molecule has 0 aliphatic carbocycles. The first-order chi connectivity index (χ1) is 11.5. The van der Waals surface area contributed by atoms with E-state index < -0.39 is 12.1 Å². The summed E-state index contributed by atoms with van der Waals surface area (Å²) in [6.45, 7) is 0. The number of halogens is 2. The largest absolute Gasteiger partial charge is 0.465 e. The average molecular weight is 381 g/mol. The van der Waals surface area contributed by atoms with Crippen molar-refractivity contribution in [2.75, 3.05) is 6.26 Å². The topological polar surface area (TPSA) is 52.9 Å². The summed E-state index contributed by atoms with van der Waals surface area (Å²) >= 11 is 13.2. The summed E-state index contributed by atoms with van der Waals surface area (Å²) < 4.78 is 0. The molecular formula is C17H14Cl2N2O2S. The van der Waals surface area contributed by atoms with Crippen molar-refractivity contribution in [3.05, 3.63) is 69.7 Å². The molecule has 7 heteroatoms. The normalized spacial score (nSPS) is 20.1. The summed E-state index contributed by atoms with van der Waals surface area (Å²) in [5, 5.41) is 11.4. The SMILES string of the molecule is CSC1=NC(c2ccc(Cl)cc2)C(c2ccc(Cl)cc2)N1C(=O)O. The fourth-order valence-electron chi connectivity index (χ4n) is 2.77. The molecule has 2 aromatic carbocycles. The number of thioether (sulfide) groups is 1. The van der Waals surface area contributed by atoms with Crippen LogP contribution < -0.4 is 0 Å². The molecule has 1 N–H and O–H groups in total. The Bertz CT molecular complexity index is 778. The van der Waals surface area contributed by atoms with Gasteiger partial charge in [0.1, 0.15) is 6.04 Å². The lowest BCUT2D eigenvalue weighted by Gasteiger charge is -2.26. The predicted molar refractivity (Wildman–Crippen MR) is 99.2 cm³/mol. The molecule has 2 atom stereocenters. The summed E-state index contributed by atoms with van der Waals surface area (Å²) in [6, 6.07) is 13.7. The highest BCUT2D eigenvalue weighted by Crippen LogP contribution is 2.44. The van der Waals surface area contributed by atoms with Crippen molar-refractivity contribution in [3.63, 3.8) is 0 Å². The van der Waals surface area contributed by atoms with Crippen molar-refractivity contribution in [2.45, 2.75) is 12.1 Å². The number of carboxylic acid groups (broad SMARTS) is 1. The average Bonchev–Trinajstić information content (AvgIpc) is 2.96. The number of aliphatic imine (C=N–C) groups is 1. The lowest BCUT2D eigenvalue weighted by Crippen LogP contribution is -2.34. The highest BCUT2D eigenvalue weighted by Gasteiger charge is 2.41. The highest BCUT2D eigenvalue weighted by molar-refractivity contribution is 8.13. The van der Waals surface area contributed by atoms with Gasteiger partial charge in [0.2, 0.25) is 0 Å². The van der Waals surface area contributed by atoms with Crippen molar-refractivity contribution in [1.82, 2.24) is 4.90 Å². The number of benzene rings is 2. The van der Waals surface area contributed by atoms with E-state index in [1.54, 1.807) is 24.3 Å². The van der Waals surface area contributed by atoms with E-state index in [1.807, 2.05) is 30.5 Å². The standard InChI is InChI=1S/C17H14Cl2N2O2S/c1-24-16-20-14(10-2-6-12(18)7-3-10)15(21(16)17(22)23)11-4-8-13(19)9-5-11/h2-9,14-15H,1H3,(H,22,23). The zero-order valence-electron chi connectivity index (χ0n) is 12.7.